The van der Waals surface area contributed by atoms with Crippen LogP contribution in [0.25, 0.3) is 0 Å². The van der Waals surface area contributed by atoms with E-state index in [2.05, 4.69) is 30.7 Å². The third kappa shape index (κ3) is 3.13. The highest BCUT2D eigenvalue weighted by molar-refractivity contribution is 6.00. The van der Waals surface area contributed by atoms with Gasteiger partial charge in [0.2, 0.25) is 0 Å². The molecule has 1 amide bonds. The summed E-state index contributed by atoms with van der Waals surface area (Å²) in [6.45, 7) is 8.63. The van der Waals surface area contributed by atoms with Gasteiger partial charge in [-0.05, 0) is 32.3 Å². The van der Waals surface area contributed by atoms with Crippen LogP contribution in [-0.2, 0) is 4.74 Å². The smallest absolute Gasteiger partial charge is 0.256 e. The molecule has 0 spiro atoms. The molecule has 6 heteroatoms. The van der Waals surface area contributed by atoms with Crippen molar-refractivity contribution in [1.29, 1.82) is 0 Å². The summed E-state index contributed by atoms with van der Waals surface area (Å²) in [5.41, 5.74) is 5.98. The van der Waals surface area contributed by atoms with Crippen molar-refractivity contribution in [1.82, 2.24) is 4.98 Å². The molecule has 0 radical (unpaired) electrons. The zero-order valence-corrected chi connectivity index (χ0v) is 14.0. The number of ether oxygens (including phenoxy) is 2. The lowest BCUT2D eigenvalue weighted by atomic mass is 9.97. The summed E-state index contributed by atoms with van der Waals surface area (Å²) < 4.78 is 11.3. The van der Waals surface area contributed by atoms with Gasteiger partial charge in [0.15, 0.2) is 0 Å². The zero-order valence-electron chi connectivity index (χ0n) is 14.0. The van der Waals surface area contributed by atoms with Gasteiger partial charge in [-0.25, -0.2) is 4.98 Å². The molecule has 3 heterocycles. The molecule has 0 aliphatic carbocycles. The van der Waals surface area contributed by atoms with Crippen molar-refractivity contribution in [3.63, 3.8) is 0 Å². The van der Waals surface area contributed by atoms with Crippen molar-refractivity contribution in [2.75, 3.05) is 24.7 Å². The molecule has 3 rings (SSSR count). The number of hydrogen-bond donors (Lipinski definition) is 1. The Morgan fingerprint density at radius 3 is 2.87 bits per heavy atom. The zero-order chi connectivity index (χ0) is 16.6. The van der Waals surface area contributed by atoms with Gasteiger partial charge in [-0.3, -0.25) is 4.79 Å². The van der Waals surface area contributed by atoms with E-state index >= 15 is 0 Å². The van der Waals surface area contributed by atoms with Crippen LogP contribution in [0.1, 0.15) is 44.0 Å². The average molecular weight is 319 g/mol. The Bertz CT molecular complexity index is 597. The molecule has 1 aromatic heterocycles. The molecule has 2 aliphatic heterocycles. The van der Waals surface area contributed by atoms with E-state index in [1.807, 2.05) is 0 Å². The van der Waals surface area contributed by atoms with Gasteiger partial charge in [0.25, 0.3) is 5.91 Å². The number of carbonyl (C=O) groups excluding carboxylic acids is 1. The first-order chi connectivity index (χ1) is 10.9. The quantitative estimate of drug-likeness (QED) is 0.918. The third-order valence-electron chi connectivity index (χ3n) is 4.65. The molecule has 2 N–H and O–H groups in total. The number of primary amides is 1. The van der Waals surface area contributed by atoms with E-state index in [0.717, 1.165) is 19.4 Å². The van der Waals surface area contributed by atoms with Crippen molar-refractivity contribution in [3.8, 4) is 5.75 Å². The first-order valence-electron chi connectivity index (χ1n) is 8.19. The van der Waals surface area contributed by atoms with Crippen LogP contribution in [-0.4, -0.2) is 42.3 Å². The van der Waals surface area contributed by atoms with E-state index in [1.54, 1.807) is 12.3 Å². The maximum Gasteiger partial charge on any atom is 0.256 e. The summed E-state index contributed by atoms with van der Waals surface area (Å²) in [6, 6.07) is 1.72. The summed E-state index contributed by atoms with van der Waals surface area (Å²) in [7, 11) is 0. The van der Waals surface area contributed by atoms with E-state index < -0.39 is 5.91 Å². The Kier molecular flexibility index (Phi) is 4.19. The lowest BCUT2D eigenvalue weighted by molar-refractivity contribution is 0.0989. The highest BCUT2D eigenvalue weighted by Crippen LogP contribution is 2.39. The average Bonchev–Trinajstić information content (AvgIpc) is 3.05. The van der Waals surface area contributed by atoms with Crippen molar-refractivity contribution < 1.29 is 14.3 Å². The molecule has 126 valence electrons. The molecule has 0 unspecified atom stereocenters. The lowest BCUT2D eigenvalue weighted by Gasteiger charge is -2.34. The van der Waals surface area contributed by atoms with Gasteiger partial charge in [-0.1, -0.05) is 6.92 Å². The summed E-state index contributed by atoms with van der Waals surface area (Å²) in [5, 5.41) is 0. The molecular formula is C17H25N3O3. The van der Waals surface area contributed by atoms with E-state index in [0.29, 0.717) is 36.3 Å². The molecule has 2 fully saturated rings. The summed E-state index contributed by atoms with van der Waals surface area (Å²) in [4.78, 5) is 18.7. The van der Waals surface area contributed by atoms with Crippen LogP contribution >= 0.6 is 0 Å². The SMILES string of the molecule is C[C@@H]1CN(c2nccc(O[C@H]3CCOC3)c2C(N)=O)C(C)(C)C1. The minimum absolute atomic E-state index is 0.0335. The number of hydrogen-bond acceptors (Lipinski definition) is 5. The Hall–Kier alpha value is -1.82. The summed E-state index contributed by atoms with van der Waals surface area (Å²) >= 11 is 0. The lowest BCUT2D eigenvalue weighted by Crippen LogP contribution is -2.40. The van der Waals surface area contributed by atoms with Gasteiger partial charge < -0.3 is 20.1 Å². The molecule has 0 aromatic carbocycles. The second kappa shape index (κ2) is 6.00. The monoisotopic (exact) mass is 319 g/mol. The van der Waals surface area contributed by atoms with E-state index in [1.165, 1.54) is 0 Å². The van der Waals surface area contributed by atoms with Crippen LogP contribution < -0.4 is 15.4 Å². The van der Waals surface area contributed by atoms with Crippen LogP contribution in [0.5, 0.6) is 5.75 Å². The standard InChI is InChI=1S/C17H25N3O3/c1-11-8-17(2,3)20(9-11)16-14(15(18)21)13(4-6-19-16)23-12-5-7-22-10-12/h4,6,11-12H,5,7-10H2,1-3H3,(H2,18,21)/t11-,12-/m0/s1. The van der Waals surface area contributed by atoms with Crippen LogP contribution in [0.2, 0.25) is 0 Å². The van der Waals surface area contributed by atoms with Gasteiger partial charge in [-0.2, -0.15) is 0 Å². The minimum Gasteiger partial charge on any atom is -0.487 e. The first kappa shape index (κ1) is 16.1. The predicted octanol–water partition coefficient (Wildman–Crippen LogP) is 1.97. The molecule has 0 saturated carbocycles. The fourth-order valence-electron chi connectivity index (χ4n) is 3.71. The number of nitrogens with zero attached hydrogens (tertiary/aromatic N) is 2. The molecule has 2 saturated heterocycles. The van der Waals surface area contributed by atoms with Gasteiger partial charge in [0.1, 0.15) is 23.2 Å². The van der Waals surface area contributed by atoms with E-state index in [9.17, 15) is 4.79 Å². The topological polar surface area (TPSA) is 77.7 Å². The number of carbonyl (C=O) groups is 1. The van der Waals surface area contributed by atoms with Gasteiger partial charge in [0, 0.05) is 24.7 Å². The molecule has 1 aromatic rings. The number of anilines is 1. The van der Waals surface area contributed by atoms with Crippen molar-refractivity contribution in [3.05, 3.63) is 17.8 Å². The maximum atomic E-state index is 12.1. The first-order valence-corrected chi connectivity index (χ1v) is 8.19. The molecule has 2 aliphatic rings. The number of pyridine rings is 1. The second-order valence-electron chi connectivity index (χ2n) is 7.21. The normalized spacial score (nSPS) is 26.5. The summed E-state index contributed by atoms with van der Waals surface area (Å²) in [6.07, 6.45) is 3.52. The molecule has 23 heavy (non-hydrogen) atoms. The van der Waals surface area contributed by atoms with Gasteiger partial charge >= 0.3 is 0 Å². The highest BCUT2D eigenvalue weighted by atomic mass is 16.5. The second-order valence-corrected chi connectivity index (χ2v) is 7.21. The number of aromatic nitrogens is 1. The highest BCUT2D eigenvalue weighted by Gasteiger charge is 2.39. The third-order valence-corrected chi connectivity index (χ3v) is 4.65. The van der Waals surface area contributed by atoms with E-state index in [4.69, 9.17) is 15.2 Å². The molecule has 2 atom stereocenters. The predicted molar refractivity (Wildman–Crippen MR) is 87.8 cm³/mol. The van der Waals surface area contributed by atoms with Crippen molar-refractivity contribution >= 4 is 11.7 Å². The Labute approximate surface area is 137 Å². The number of amides is 1. The van der Waals surface area contributed by atoms with Crippen LogP contribution in [0.4, 0.5) is 5.82 Å². The van der Waals surface area contributed by atoms with Gasteiger partial charge in [-0.15, -0.1) is 0 Å². The van der Waals surface area contributed by atoms with Crippen LogP contribution in [0.15, 0.2) is 12.3 Å². The van der Waals surface area contributed by atoms with Gasteiger partial charge in [0.05, 0.1) is 13.2 Å². The Balaban J connectivity index is 1.98. The number of nitrogens with two attached hydrogens (primary N) is 1. The Morgan fingerprint density at radius 1 is 1.52 bits per heavy atom. The molecule has 0 bridgehead atoms. The van der Waals surface area contributed by atoms with Crippen molar-refractivity contribution in [2.45, 2.75) is 45.3 Å². The van der Waals surface area contributed by atoms with Crippen LogP contribution in [0.3, 0.4) is 0 Å². The Morgan fingerprint density at radius 2 is 2.30 bits per heavy atom. The van der Waals surface area contributed by atoms with E-state index in [-0.39, 0.29) is 11.6 Å². The van der Waals surface area contributed by atoms with Crippen LogP contribution in [0, 0.1) is 5.92 Å². The molecule has 6 nitrogen and oxygen atoms in total. The summed E-state index contributed by atoms with van der Waals surface area (Å²) in [5.74, 6) is 1.18. The minimum atomic E-state index is -0.502. The molecular weight excluding hydrogens is 294 g/mol. The number of rotatable bonds is 4. The fraction of sp³-hybridized carbons (Fsp3) is 0.647. The largest absolute Gasteiger partial charge is 0.487 e. The maximum absolute atomic E-state index is 12.1. The fourth-order valence-corrected chi connectivity index (χ4v) is 3.71. The van der Waals surface area contributed by atoms with Crippen molar-refractivity contribution in [2.24, 2.45) is 11.7 Å².